The normalized spacial score (nSPS) is 12.2. The lowest BCUT2D eigenvalue weighted by Crippen LogP contribution is -2.04. The Kier molecular flexibility index (Phi) is 4.08. The highest BCUT2D eigenvalue weighted by molar-refractivity contribution is 5.94. The van der Waals surface area contributed by atoms with E-state index in [-0.39, 0.29) is 11.6 Å². The third kappa shape index (κ3) is 2.66. The van der Waals surface area contributed by atoms with Gasteiger partial charge in [0.2, 0.25) is 0 Å². The Hall–Kier alpha value is -2.30. The number of carbonyl (C=O) groups is 1. The van der Waals surface area contributed by atoms with Crippen LogP contribution in [0, 0.1) is 0 Å². The molecule has 2 aromatic rings. The fourth-order valence-corrected chi connectivity index (χ4v) is 1.92. The predicted octanol–water partition coefficient (Wildman–Crippen LogP) is 3.23. The molecule has 20 heavy (non-hydrogen) atoms. The van der Waals surface area contributed by atoms with E-state index in [0.717, 1.165) is 17.7 Å². The van der Waals surface area contributed by atoms with Gasteiger partial charge in [0.05, 0.1) is 7.11 Å². The minimum Gasteiger partial charge on any atom is -0.497 e. The van der Waals surface area contributed by atoms with Crippen molar-refractivity contribution in [2.45, 2.75) is 26.3 Å². The van der Waals surface area contributed by atoms with Crippen LogP contribution in [0.3, 0.4) is 0 Å². The summed E-state index contributed by atoms with van der Waals surface area (Å²) in [5.74, 6) is -0.239. The van der Waals surface area contributed by atoms with Crippen molar-refractivity contribution < 1.29 is 14.6 Å². The molecule has 1 N–H and O–H groups in total. The van der Waals surface area contributed by atoms with Crippen LogP contribution in [-0.4, -0.2) is 28.0 Å². The van der Waals surface area contributed by atoms with Crippen molar-refractivity contribution in [2.75, 3.05) is 7.11 Å². The molecule has 2 rings (SSSR count). The van der Waals surface area contributed by atoms with Gasteiger partial charge in [-0.2, -0.15) is 5.10 Å². The number of aromatic carboxylic acids is 1. The molecule has 5 nitrogen and oxygen atoms in total. The van der Waals surface area contributed by atoms with Gasteiger partial charge in [0.1, 0.15) is 17.0 Å². The number of carboxylic acids is 1. The number of aromatic nitrogens is 2. The Morgan fingerprint density at radius 3 is 2.55 bits per heavy atom. The molecule has 1 heterocycles. The van der Waals surface area contributed by atoms with Gasteiger partial charge in [0.15, 0.2) is 0 Å². The second kappa shape index (κ2) is 5.77. The maximum absolute atomic E-state index is 11.4. The van der Waals surface area contributed by atoms with Crippen LogP contribution < -0.4 is 4.74 Å². The van der Waals surface area contributed by atoms with Crippen LogP contribution in [0.2, 0.25) is 0 Å². The maximum atomic E-state index is 11.4. The van der Waals surface area contributed by atoms with Crippen LogP contribution in [0.5, 0.6) is 5.75 Å². The summed E-state index contributed by atoms with van der Waals surface area (Å²) < 4.78 is 6.81. The molecule has 0 aliphatic heterocycles. The molecule has 5 heteroatoms. The van der Waals surface area contributed by atoms with Crippen LogP contribution in [-0.2, 0) is 0 Å². The number of benzene rings is 1. The fraction of sp³-hybridized carbons (Fsp3) is 0.333. The van der Waals surface area contributed by atoms with Crippen molar-refractivity contribution in [3.8, 4) is 17.0 Å². The number of hydrogen-bond acceptors (Lipinski definition) is 3. The number of nitrogens with zero attached hydrogens (tertiary/aromatic N) is 2. The highest BCUT2D eigenvalue weighted by atomic mass is 16.5. The monoisotopic (exact) mass is 274 g/mol. The highest BCUT2D eigenvalue weighted by Gasteiger charge is 2.18. The topological polar surface area (TPSA) is 64.4 Å². The van der Waals surface area contributed by atoms with E-state index in [4.69, 9.17) is 4.74 Å². The lowest BCUT2D eigenvalue weighted by Gasteiger charge is -2.08. The molecule has 0 amide bonds. The van der Waals surface area contributed by atoms with E-state index in [1.807, 2.05) is 26.0 Å². The van der Waals surface area contributed by atoms with Gasteiger partial charge in [-0.3, -0.25) is 4.68 Å². The molecule has 0 saturated heterocycles. The molecule has 0 radical (unpaired) electrons. The predicted molar refractivity (Wildman–Crippen MR) is 76.2 cm³/mol. The molecule has 1 unspecified atom stereocenters. The molecule has 0 fully saturated rings. The zero-order chi connectivity index (χ0) is 14.7. The Labute approximate surface area is 117 Å². The van der Waals surface area contributed by atoms with Crippen molar-refractivity contribution in [2.24, 2.45) is 0 Å². The molecule has 0 spiro atoms. The van der Waals surface area contributed by atoms with Gasteiger partial charge in [-0.15, -0.1) is 0 Å². The van der Waals surface area contributed by atoms with Crippen molar-refractivity contribution in [1.82, 2.24) is 9.78 Å². The third-order valence-electron chi connectivity index (χ3n) is 3.37. The molecule has 1 atom stereocenters. The smallest absolute Gasteiger partial charge is 0.339 e. The van der Waals surface area contributed by atoms with Crippen molar-refractivity contribution in [1.29, 1.82) is 0 Å². The Morgan fingerprint density at radius 2 is 2.05 bits per heavy atom. The summed E-state index contributed by atoms with van der Waals surface area (Å²) in [4.78, 5) is 11.4. The number of ether oxygens (including phenoxy) is 1. The second-order valence-electron chi connectivity index (χ2n) is 4.66. The van der Waals surface area contributed by atoms with E-state index in [1.165, 1.54) is 0 Å². The first-order valence-electron chi connectivity index (χ1n) is 6.53. The molecule has 0 aliphatic carbocycles. The quantitative estimate of drug-likeness (QED) is 0.909. The lowest BCUT2D eigenvalue weighted by molar-refractivity contribution is 0.0697. The van der Waals surface area contributed by atoms with Crippen molar-refractivity contribution in [3.05, 3.63) is 36.0 Å². The lowest BCUT2D eigenvalue weighted by atomic mass is 10.1. The van der Waals surface area contributed by atoms with Gasteiger partial charge in [-0.25, -0.2) is 4.79 Å². The molecule has 0 aliphatic rings. The van der Waals surface area contributed by atoms with Crippen molar-refractivity contribution in [3.63, 3.8) is 0 Å². The average Bonchev–Trinajstić information content (AvgIpc) is 2.92. The first-order valence-corrected chi connectivity index (χ1v) is 6.53. The summed E-state index contributed by atoms with van der Waals surface area (Å²) in [6, 6.07) is 7.38. The van der Waals surface area contributed by atoms with Crippen LogP contribution in [0.15, 0.2) is 30.5 Å². The van der Waals surface area contributed by atoms with Gasteiger partial charge >= 0.3 is 5.97 Å². The molecule has 106 valence electrons. The van der Waals surface area contributed by atoms with Crippen LogP contribution in [0.1, 0.15) is 36.7 Å². The summed E-state index contributed by atoms with van der Waals surface area (Å²) in [5, 5.41) is 13.7. The Bertz CT molecular complexity index is 602. The van der Waals surface area contributed by atoms with E-state index in [1.54, 1.807) is 30.1 Å². The van der Waals surface area contributed by atoms with Crippen LogP contribution >= 0.6 is 0 Å². The minimum atomic E-state index is -0.967. The molecule has 1 aromatic carbocycles. The summed E-state index contributed by atoms with van der Waals surface area (Å²) >= 11 is 0. The number of hydrogen-bond donors (Lipinski definition) is 1. The van der Waals surface area contributed by atoms with Crippen LogP contribution in [0.4, 0.5) is 0 Å². The largest absolute Gasteiger partial charge is 0.497 e. The van der Waals surface area contributed by atoms with E-state index >= 15 is 0 Å². The standard InChI is InChI=1S/C15H18N2O3/c1-4-10(2)17-9-13(15(18)19)14(16-17)11-5-7-12(20-3)8-6-11/h5-10H,4H2,1-3H3,(H,18,19). The Balaban J connectivity index is 2.47. The van der Waals surface area contributed by atoms with E-state index in [0.29, 0.717) is 5.69 Å². The number of methoxy groups -OCH3 is 1. The summed E-state index contributed by atoms with van der Waals surface area (Å²) in [6.07, 6.45) is 2.48. The average molecular weight is 274 g/mol. The van der Waals surface area contributed by atoms with Gasteiger partial charge in [-0.05, 0) is 37.6 Å². The Morgan fingerprint density at radius 1 is 1.40 bits per heavy atom. The van der Waals surface area contributed by atoms with Gasteiger partial charge in [0, 0.05) is 17.8 Å². The van der Waals surface area contributed by atoms with E-state index in [2.05, 4.69) is 5.10 Å². The number of carboxylic acid groups (broad SMARTS) is 1. The summed E-state index contributed by atoms with van der Waals surface area (Å²) in [6.45, 7) is 4.05. The zero-order valence-corrected chi connectivity index (χ0v) is 11.8. The first-order chi connectivity index (χ1) is 9.56. The fourth-order valence-electron chi connectivity index (χ4n) is 1.92. The molecular formula is C15H18N2O3. The molecule has 1 aromatic heterocycles. The summed E-state index contributed by atoms with van der Waals surface area (Å²) in [7, 11) is 1.59. The number of rotatable bonds is 5. The second-order valence-corrected chi connectivity index (χ2v) is 4.66. The zero-order valence-electron chi connectivity index (χ0n) is 11.8. The van der Waals surface area contributed by atoms with Gasteiger partial charge in [0.25, 0.3) is 0 Å². The van der Waals surface area contributed by atoms with E-state index < -0.39 is 5.97 Å². The van der Waals surface area contributed by atoms with Crippen molar-refractivity contribution >= 4 is 5.97 Å². The van der Waals surface area contributed by atoms with E-state index in [9.17, 15) is 9.90 Å². The SMILES string of the molecule is CCC(C)n1cc(C(=O)O)c(-c2ccc(OC)cc2)n1. The minimum absolute atomic E-state index is 0.167. The molecular weight excluding hydrogens is 256 g/mol. The third-order valence-corrected chi connectivity index (χ3v) is 3.37. The summed E-state index contributed by atoms with van der Waals surface area (Å²) in [5.41, 5.74) is 1.47. The first kappa shape index (κ1) is 14.1. The maximum Gasteiger partial charge on any atom is 0.339 e. The molecule has 0 bridgehead atoms. The van der Waals surface area contributed by atoms with Gasteiger partial charge < -0.3 is 9.84 Å². The highest BCUT2D eigenvalue weighted by Crippen LogP contribution is 2.26. The van der Waals surface area contributed by atoms with Crippen LogP contribution in [0.25, 0.3) is 11.3 Å². The molecule has 0 saturated carbocycles. The van der Waals surface area contributed by atoms with Gasteiger partial charge in [-0.1, -0.05) is 6.92 Å².